The first-order chi connectivity index (χ1) is 9.24. The van der Waals surface area contributed by atoms with Crippen LogP contribution >= 0.6 is 0 Å². The van der Waals surface area contributed by atoms with E-state index in [-0.39, 0.29) is 5.78 Å². The van der Waals surface area contributed by atoms with Crippen LogP contribution < -0.4 is 0 Å². The van der Waals surface area contributed by atoms with Gasteiger partial charge in [-0.2, -0.15) is 0 Å². The van der Waals surface area contributed by atoms with Gasteiger partial charge in [0.2, 0.25) is 0 Å². The second-order valence-corrected chi connectivity index (χ2v) is 4.71. The maximum Gasteiger partial charge on any atom is 0.169 e. The van der Waals surface area contributed by atoms with Crippen LogP contribution in [0.4, 0.5) is 0 Å². The number of nitrogens with one attached hydrogen (secondary N) is 1. The second kappa shape index (κ2) is 4.69. The van der Waals surface area contributed by atoms with Gasteiger partial charge in [0.15, 0.2) is 5.78 Å². The summed E-state index contributed by atoms with van der Waals surface area (Å²) in [4.78, 5) is 19.5. The molecule has 0 fully saturated rings. The Morgan fingerprint density at radius 1 is 1.21 bits per heavy atom. The summed E-state index contributed by atoms with van der Waals surface area (Å²) >= 11 is 0. The molecule has 0 spiro atoms. The molecule has 0 saturated carbocycles. The highest BCUT2D eigenvalue weighted by Gasteiger charge is 2.12. The van der Waals surface area contributed by atoms with Crippen molar-refractivity contribution >= 4 is 16.7 Å². The molecule has 3 heteroatoms. The summed E-state index contributed by atoms with van der Waals surface area (Å²) in [6.45, 7) is 2.04. The molecule has 0 aliphatic rings. The third-order valence-electron chi connectivity index (χ3n) is 3.27. The molecule has 0 bridgehead atoms. The standard InChI is InChI=1S/C16H14N2O/c1-11-2-4-12(5-3-11)8-16(19)14-10-18-15-6-7-17-9-13(14)15/h2-7,9-10,18H,8H2,1H3. The van der Waals surface area contributed by atoms with Gasteiger partial charge in [0.25, 0.3) is 0 Å². The Balaban J connectivity index is 1.90. The van der Waals surface area contributed by atoms with Crippen molar-refractivity contribution in [2.24, 2.45) is 0 Å². The van der Waals surface area contributed by atoms with Gasteiger partial charge in [-0.1, -0.05) is 29.8 Å². The normalized spacial score (nSPS) is 10.8. The molecule has 0 aliphatic heterocycles. The number of benzene rings is 1. The van der Waals surface area contributed by atoms with Crippen LogP contribution in [0.2, 0.25) is 0 Å². The molecule has 0 saturated heterocycles. The van der Waals surface area contributed by atoms with Crippen LogP contribution in [0.1, 0.15) is 21.5 Å². The fourth-order valence-electron chi connectivity index (χ4n) is 2.18. The van der Waals surface area contributed by atoms with E-state index >= 15 is 0 Å². The van der Waals surface area contributed by atoms with Crippen molar-refractivity contribution in [1.29, 1.82) is 0 Å². The van der Waals surface area contributed by atoms with Gasteiger partial charge in [0, 0.05) is 41.5 Å². The van der Waals surface area contributed by atoms with Gasteiger partial charge in [0.05, 0.1) is 0 Å². The largest absolute Gasteiger partial charge is 0.360 e. The number of fused-ring (bicyclic) bond motifs is 1. The molecular weight excluding hydrogens is 236 g/mol. The van der Waals surface area contributed by atoms with Crippen LogP contribution in [-0.4, -0.2) is 15.8 Å². The summed E-state index contributed by atoms with van der Waals surface area (Å²) in [7, 11) is 0. The Morgan fingerprint density at radius 2 is 2.00 bits per heavy atom. The van der Waals surface area contributed by atoms with Crippen molar-refractivity contribution in [1.82, 2.24) is 9.97 Å². The number of pyridine rings is 1. The highest BCUT2D eigenvalue weighted by molar-refractivity contribution is 6.08. The van der Waals surface area contributed by atoms with Crippen molar-refractivity contribution < 1.29 is 4.79 Å². The summed E-state index contributed by atoms with van der Waals surface area (Å²) < 4.78 is 0. The van der Waals surface area contributed by atoms with Crippen LogP contribution in [0.5, 0.6) is 0 Å². The molecule has 3 rings (SSSR count). The molecule has 0 amide bonds. The Labute approximate surface area is 111 Å². The first-order valence-corrected chi connectivity index (χ1v) is 6.24. The van der Waals surface area contributed by atoms with Crippen LogP contribution in [0.15, 0.2) is 48.9 Å². The lowest BCUT2D eigenvalue weighted by molar-refractivity contribution is 0.0994. The quantitative estimate of drug-likeness (QED) is 0.725. The molecule has 94 valence electrons. The minimum absolute atomic E-state index is 0.114. The van der Waals surface area contributed by atoms with Crippen LogP contribution in [0.25, 0.3) is 10.9 Å². The second-order valence-electron chi connectivity index (χ2n) is 4.71. The molecule has 2 heterocycles. The Bertz CT molecular complexity index is 726. The smallest absolute Gasteiger partial charge is 0.169 e. The molecule has 0 aliphatic carbocycles. The van der Waals surface area contributed by atoms with E-state index in [1.165, 1.54) is 5.56 Å². The van der Waals surface area contributed by atoms with E-state index in [9.17, 15) is 4.79 Å². The monoisotopic (exact) mass is 250 g/mol. The van der Waals surface area contributed by atoms with Gasteiger partial charge >= 0.3 is 0 Å². The maximum absolute atomic E-state index is 12.3. The van der Waals surface area contributed by atoms with Crippen molar-refractivity contribution in [3.8, 4) is 0 Å². The number of hydrogen-bond acceptors (Lipinski definition) is 2. The molecule has 1 N–H and O–H groups in total. The third kappa shape index (κ3) is 2.27. The van der Waals surface area contributed by atoms with Crippen molar-refractivity contribution in [2.45, 2.75) is 13.3 Å². The lowest BCUT2D eigenvalue weighted by Crippen LogP contribution is -2.02. The molecule has 3 nitrogen and oxygen atoms in total. The van der Waals surface area contributed by atoms with Crippen LogP contribution in [-0.2, 0) is 6.42 Å². The van der Waals surface area contributed by atoms with E-state index in [0.29, 0.717) is 12.0 Å². The minimum Gasteiger partial charge on any atom is -0.360 e. The maximum atomic E-state index is 12.3. The first kappa shape index (κ1) is 11.7. The number of Topliss-reactive ketones (excluding diaryl/α,β-unsaturated/α-hetero) is 1. The van der Waals surface area contributed by atoms with Crippen molar-refractivity contribution in [3.63, 3.8) is 0 Å². The van der Waals surface area contributed by atoms with Gasteiger partial charge in [0.1, 0.15) is 0 Å². The number of ketones is 1. The van der Waals surface area contributed by atoms with Gasteiger partial charge in [-0.25, -0.2) is 0 Å². The zero-order valence-corrected chi connectivity index (χ0v) is 10.7. The van der Waals surface area contributed by atoms with E-state index in [4.69, 9.17) is 0 Å². The Morgan fingerprint density at radius 3 is 2.79 bits per heavy atom. The molecule has 1 aromatic carbocycles. The highest BCUT2D eigenvalue weighted by Crippen LogP contribution is 2.18. The van der Waals surface area contributed by atoms with E-state index in [1.807, 2.05) is 37.3 Å². The van der Waals surface area contributed by atoms with E-state index < -0.39 is 0 Å². The first-order valence-electron chi connectivity index (χ1n) is 6.24. The van der Waals surface area contributed by atoms with Crippen LogP contribution in [0.3, 0.4) is 0 Å². The number of aromatic amines is 1. The average molecular weight is 250 g/mol. The highest BCUT2D eigenvalue weighted by atomic mass is 16.1. The molecule has 0 unspecified atom stereocenters. The SMILES string of the molecule is Cc1ccc(CC(=O)c2c[nH]c3ccncc23)cc1. The molecule has 2 aromatic heterocycles. The number of aromatic nitrogens is 2. The molecule has 0 radical (unpaired) electrons. The molecule has 0 atom stereocenters. The fourth-order valence-corrected chi connectivity index (χ4v) is 2.18. The predicted octanol–water partition coefficient (Wildman–Crippen LogP) is 3.30. The molecular formula is C16H14N2O. The third-order valence-corrected chi connectivity index (χ3v) is 3.27. The predicted molar refractivity (Wildman–Crippen MR) is 75.3 cm³/mol. The number of carbonyl (C=O) groups is 1. The fraction of sp³-hybridized carbons (Fsp3) is 0.125. The number of carbonyl (C=O) groups excluding carboxylic acids is 1. The summed E-state index contributed by atoms with van der Waals surface area (Å²) in [5, 5.41) is 0.889. The summed E-state index contributed by atoms with van der Waals surface area (Å²) in [5.41, 5.74) is 3.90. The summed E-state index contributed by atoms with van der Waals surface area (Å²) in [6, 6.07) is 9.93. The van der Waals surface area contributed by atoms with Gasteiger partial charge < -0.3 is 4.98 Å². The topological polar surface area (TPSA) is 45.8 Å². The Hall–Kier alpha value is -2.42. The number of rotatable bonds is 3. The number of H-pyrrole nitrogens is 1. The van der Waals surface area contributed by atoms with Gasteiger partial charge in [-0.3, -0.25) is 9.78 Å². The number of nitrogens with zero attached hydrogens (tertiary/aromatic N) is 1. The lowest BCUT2D eigenvalue weighted by atomic mass is 10.0. The number of aryl methyl sites for hydroxylation is 1. The van der Waals surface area contributed by atoms with Gasteiger partial charge in [-0.05, 0) is 18.6 Å². The molecule has 3 aromatic rings. The zero-order valence-electron chi connectivity index (χ0n) is 10.7. The van der Waals surface area contributed by atoms with Crippen molar-refractivity contribution in [2.75, 3.05) is 0 Å². The summed E-state index contributed by atoms with van der Waals surface area (Å²) in [6.07, 6.45) is 5.63. The van der Waals surface area contributed by atoms with E-state index in [0.717, 1.165) is 16.5 Å². The lowest BCUT2D eigenvalue weighted by Gasteiger charge is -2.01. The minimum atomic E-state index is 0.114. The number of hydrogen-bond donors (Lipinski definition) is 1. The molecule has 19 heavy (non-hydrogen) atoms. The van der Waals surface area contributed by atoms with Gasteiger partial charge in [-0.15, -0.1) is 0 Å². The van der Waals surface area contributed by atoms with E-state index in [2.05, 4.69) is 9.97 Å². The van der Waals surface area contributed by atoms with E-state index in [1.54, 1.807) is 18.6 Å². The zero-order chi connectivity index (χ0) is 13.2. The van der Waals surface area contributed by atoms with Crippen molar-refractivity contribution in [3.05, 3.63) is 65.6 Å². The Kier molecular flexibility index (Phi) is 2.88. The summed E-state index contributed by atoms with van der Waals surface area (Å²) in [5.74, 6) is 0.114. The average Bonchev–Trinajstić information content (AvgIpc) is 2.85. The van der Waals surface area contributed by atoms with Crippen LogP contribution in [0, 0.1) is 6.92 Å².